The predicted octanol–water partition coefficient (Wildman–Crippen LogP) is 3.31. The van der Waals surface area contributed by atoms with Crippen LogP contribution in [0.15, 0.2) is 48.5 Å². The molecule has 0 unspecified atom stereocenters. The zero-order chi connectivity index (χ0) is 16.8. The summed E-state index contributed by atoms with van der Waals surface area (Å²) in [6.45, 7) is 5.82. The molecule has 0 spiro atoms. The van der Waals surface area contributed by atoms with Crippen molar-refractivity contribution in [3.05, 3.63) is 65.2 Å². The summed E-state index contributed by atoms with van der Waals surface area (Å²) in [6.07, 6.45) is 0.338. The Hall–Kier alpha value is -2.62. The van der Waals surface area contributed by atoms with E-state index in [4.69, 9.17) is 0 Å². The van der Waals surface area contributed by atoms with Gasteiger partial charge in [-0.05, 0) is 50.6 Å². The van der Waals surface area contributed by atoms with Gasteiger partial charge in [-0.25, -0.2) is 0 Å². The minimum Gasteiger partial charge on any atom is -0.354 e. The average Bonchev–Trinajstić information content (AvgIpc) is 2.48. The summed E-state index contributed by atoms with van der Waals surface area (Å²) in [6, 6.07) is 14.9. The Bertz CT molecular complexity index is 691. The summed E-state index contributed by atoms with van der Waals surface area (Å²) in [7, 11) is 0. The highest BCUT2D eigenvalue weighted by Gasteiger charge is 2.07. The number of carbonyl (C=O) groups excluding carboxylic acids is 2. The van der Waals surface area contributed by atoms with Gasteiger partial charge in [0.05, 0.1) is 6.42 Å². The number of rotatable bonds is 5. The van der Waals surface area contributed by atoms with E-state index in [0.29, 0.717) is 17.7 Å². The van der Waals surface area contributed by atoms with Crippen molar-refractivity contribution in [2.75, 3.05) is 5.32 Å². The Morgan fingerprint density at radius 2 is 1.74 bits per heavy atom. The summed E-state index contributed by atoms with van der Waals surface area (Å²) in [5.41, 5.74) is 3.30. The normalized spacial score (nSPS) is 10.4. The van der Waals surface area contributed by atoms with Crippen molar-refractivity contribution < 1.29 is 9.59 Å². The van der Waals surface area contributed by atoms with Crippen LogP contribution in [0.4, 0.5) is 5.69 Å². The van der Waals surface area contributed by atoms with E-state index in [9.17, 15) is 9.59 Å². The Balaban J connectivity index is 1.97. The van der Waals surface area contributed by atoms with Crippen molar-refractivity contribution in [1.29, 1.82) is 0 Å². The Morgan fingerprint density at radius 1 is 1.04 bits per heavy atom. The fourth-order valence-electron chi connectivity index (χ4n) is 2.25. The van der Waals surface area contributed by atoms with Gasteiger partial charge in [0.25, 0.3) is 5.91 Å². The molecule has 2 aromatic rings. The maximum absolute atomic E-state index is 12.2. The molecule has 0 heterocycles. The van der Waals surface area contributed by atoms with Crippen LogP contribution in [-0.2, 0) is 11.2 Å². The second-order valence-corrected chi connectivity index (χ2v) is 5.92. The van der Waals surface area contributed by atoms with Crippen LogP contribution in [0.5, 0.6) is 0 Å². The second kappa shape index (κ2) is 7.58. The van der Waals surface area contributed by atoms with E-state index < -0.39 is 0 Å². The van der Waals surface area contributed by atoms with Crippen LogP contribution in [0.25, 0.3) is 0 Å². The standard InChI is InChI=1S/C19H22N2O2/c1-13(2)20-18(22)12-15-7-9-17(10-8-15)21-19(23)16-6-4-5-14(3)11-16/h4-11,13H,12H2,1-3H3,(H,20,22)(H,21,23). The van der Waals surface area contributed by atoms with Gasteiger partial charge in [-0.1, -0.05) is 29.8 Å². The van der Waals surface area contributed by atoms with Crippen LogP contribution >= 0.6 is 0 Å². The molecule has 0 saturated heterocycles. The lowest BCUT2D eigenvalue weighted by Gasteiger charge is -2.09. The zero-order valence-corrected chi connectivity index (χ0v) is 13.7. The number of aryl methyl sites for hydroxylation is 1. The number of benzene rings is 2. The van der Waals surface area contributed by atoms with Crippen LogP contribution in [0.3, 0.4) is 0 Å². The van der Waals surface area contributed by atoms with E-state index in [0.717, 1.165) is 11.1 Å². The van der Waals surface area contributed by atoms with Gasteiger partial charge in [-0.15, -0.1) is 0 Å². The molecule has 2 rings (SSSR count). The monoisotopic (exact) mass is 310 g/mol. The van der Waals surface area contributed by atoms with Gasteiger partial charge < -0.3 is 10.6 Å². The molecule has 2 N–H and O–H groups in total. The number of hydrogen-bond donors (Lipinski definition) is 2. The summed E-state index contributed by atoms with van der Waals surface area (Å²) in [4.78, 5) is 23.9. The van der Waals surface area contributed by atoms with Crippen LogP contribution < -0.4 is 10.6 Å². The van der Waals surface area contributed by atoms with E-state index in [1.165, 1.54) is 0 Å². The Morgan fingerprint density at radius 3 is 2.35 bits per heavy atom. The molecule has 4 nitrogen and oxygen atoms in total. The van der Waals surface area contributed by atoms with E-state index in [2.05, 4.69) is 10.6 Å². The second-order valence-electron chi connectivity index (χ2n) is 5.92. The third-order valence-corrected chi connectivity index (χ3v) is 3.31. The predicted molar refractivity (Wildman–Crippen MR) is 92.6 cm³/mol. The van der Waals surface area contributed by atoms with Gasteiger partial charge in [-0.3, -0.25) is 9.59 Å². The fourth-order valence-corrected chi connectivity index (χ4v) is 2.25. The van der Waals surface area contributed by atoms with Crippen molar-refractivity contribution in [3.63, 3.8) is 0 Å². The highest BCUT2D eigenvalue weighted by molar-refractivity contribution is 6.04. The maximum Gasteiger partial charge on any atom is 0.255 e. The molecule has 4 heteroatoms. The van der Waals surface area contributed by atoms with Gasteiger partial charge in [0, 0.05) is 17.3 Å². The van der Waals surface area contributed by atoms with Gasteiger partial charge in [0.2, 0.25) is 5.91 Å². The van der Waals surface area contributed by atoms with Gasteiger partial charge in [-0.2, -0.15) is 0 Å². The lowest BCUT2D eigenvalue weighted by molar-refractivity contribution is -0.120. The quantitative estimate of drug-likeness (QED) is 0.890. The zero-order valence-electron chi connectivity index (χ0n) is 13.7. The summed E-state index contributed by atoms with van der Waals surface area (Å²) in [5, 5.41) is 5.71. The van der Waals surface area contributed by atoms with Crippen molar-refractivity contribution in [3.8, 4) is 0 Å². The Labute approximate surface area is 136 Å². The average molecular weight is 310 g/mol. The molecule has 23 heavy (non-hydrogen) atoms. The van der Waals surface area contributed by atoms with Gasteiger partial charge in [0.1, 0.15) is 0 Å². The van der Waals surface area contributed by atoms with Crippen LogP contribution in [0, 0.1) is 6.92 Å². The van der Waals surface area contributed by atoms with E-state index >= 15 is 0 Å². The first kappa shape index (κ1) is 16.7. The topological polar surface area (TPSA) is 58.2 Å². The van der Waals surface area contributed by atoms with Crippen molar-refractivity contribution in [2.45, 2.75) is 33.2 Å². The molecule has 2 amide bonds. The molecular formula is C19H22N2O2. The van der Waals surface area contributed by atoms with Crippen LogP contribution in [0.1, 0.15) is 35.3 Å². The van der Waals surface area contributed by atoms with Gasteiger partial charge in [0.15, 0.2) is 0 Å². The van der Waals surface area contributed by atoms with Crippen LogP contribution in [-0.4, -0.2) is 17.9 Å². The van der Waals surface area contributed by atoms with E-state index in [1.807, 2.05) is 63.2 Å². The minimum atomic E-state index is -0.140. The number of carbonyl (C=O) groups is 2. The molecule has 0 saturated carbocycles. The number of amides is 2. The third kappa shape index (κ3) is 5.25. The first-order chi connectivity index (χ1) is 10.9. The summed E-state index contributed by atoms with van der Waals surface area (Å²) < 4.78 is 0. The molecule has 0 aliphatic carbocycles. The molecule has 0 radical (unpaired) electrons. The molecule has 120 valence electrons. The molecule has 0 atom stereocenters. The van der Waals surface area contributed by atoms with Crippen molar-refractivity contribution in [2.24, 2.45) is 0 Å². The highest BCUT2D eigenvalue weighted by Crippen LogP contribution is 2.13. The van der Waals surface area contributed by atoms with Crippen molar-refractivity contribution >= 4 is 17.5 Å². The van der Waals surface area contributed by atoms with Gasteiger partial charge >= 0.3 is 0 Å². The molecule has 0 bridgehead atoms. The molecule has 2 aromatic carbocycles. The first-order valence-corrected chi connectivity index (χ1v) is 7.70. The lowest BCUT2D eigenvalue weighted by atomic mass is 10.1. The maximum atomic E-state index is 12.2. The number of hydrogen-bond acceptors (Lipinski definition) is 2. The van der Waals surface area contributed by atoms with Crippen molar-refractivity contribution in [1.82, 2.24) is 5.32 Å². The molecule has 0 aliphatic heterocycles. The van der Waals surface area contributed by atoms with E-state index in [-0.39, 0.29) is 17.9 Å². The Kier molecular flexibility index (Phi) is 5.52. The smallest absolute Gasteiger partial charge is 0.255 e. The van der Waals surface area contributed by atoms with Crippen LogP contribution in [0.2, 0.25) is 0 Å². The molecule has 0 aromatic heterocycles. The van der Waals surface area contributed by atoms with E-state index in [1.54, 1.807) is 6.07 Å². The summed E-state index contributed by atoms with van der Waals surface area (Å²) >= 11 is 0. The largest absolute Gasteiger partial charge is 0.354 e. The third-order valence-electron chi connectivity index (χ3n) is 3.31. The SMILES string of the molecule is Cc1cccc(C(=O)Nc2ccc(CC(=O)NC(C)C)cc2)c1. The fraction of sp³-hybridized carbons (Fsp3) is 0.263. The molecular weight excluding hydrogens is 288 g/mol. The first-order valence-electron chi connectivity index (χ1n) is 7.70. The highest BCUT2D eigenvalue weighted by atomic mass is 16.2. The minimum absolute atomic E-state index is 0.00320. The summed E-state index contributed by atoms with van der Waals surface area (Å²) in [5.74, 6) is -0.143. The molecule has 0 aliphatic rings. The molecule has 0 fully saturated rings. The number of anilines is 1. The lowest BCUT2D eigenvalue weighted by Crippen LogP contribution is -2.31. The number of nitrogens with one attached hydrogen (secondary N) is 2.